The molecule has 0 unspecified atom stereocenters. The standard InChI is InChI=1S/C27H33N3O2S/c1-4-7-8-9-15-20-29-25(31)24(26-28(5-2)22-18-13-14-19-23(22)32-26)30(27(29)33-6-3)21-16-11-10-12-17-21/h6,10-14,16-19H,4-5,7-9,15,20H2,1-3H3. The van der Waals surface area contributed by atoms with E-state index in [-0.39, 0.29) is 5.91 Å². The van der Waals surface area contributed by atoms with E-state index in [1.54, 1.807) is 10.9 Å². The van der Waals surface area contributed by atoms with Gasteiger partial charge in [-0.15, -0.1) is 10.9 Å². The van der Waals surface area contributed by atoms with Crippen LogP contribution in [0.4, 0.5) is 11.4 Å². The van der Waals surface area contributed by atoms with Gasteiger partial charge in [0.25, 0.3) is 5.91 Å². The average molecular weight is 464 g/mol. The van der Waals surface area contributed by atoms with Crippen molar-refractivity contribution < 1.29 is 9.53 Å². The first kappa shape index (κ1) is 23.2. The minimum atomic E-state index is -0.0000456. The molecule has 1 saturated heterocycles. The third-order valence-electron chi connectivity index (χ3n) is 5.94. The molecule has 1 amide bonds. The molecular weight excluding hydrogens is 430 g/mol. The van der Waals surface area contributed by atoms with Gasteiger partial charge < -0.3 is 9.64 Å². The second-order valence-corrected chi connectivity index (χ2v) is 9.22. The molecule has 0 radical (unpaired) electrons. The summed E-state index contributed by atoms with van der Waals surface area (Å²) in [7, 11) is 1.59. The van der Waals surface area contributed by atoms with Gasteiger partial charge in [-0.1, -0.05) is 62.9 Å². The van der Waals surface area contributed by atoms with Crippen molar-refractivity contribution in [1.82, 2.24) is 4.90 Å². The fourth-order valence-corrected chi connectivity index (χ4v) is 5.16. The molecule has 0 bridgehead atoms. The summed E-state index contributed by atoms with van der Waals surface area (Å²) in [4.78, 5) is 20.1. The summed E-state index contributed by atoms with van der Waals surface area (Å²) in [6.07, 6.45) is 5.78. The molecule has 174 valence electrons. The number of unbranched alkanes of at least 4 members (excludes halogenated alkanes) is 4. The van der Waals surface area contributed by atoms with Gasteiger partial charge >= 0.3 is 0 Å². The van der Waals surface area contributed by atoms with Crippen LogP contribution in [0.1, 0.15) is 52.9 Å². The smallest absolute Gasteiger partial charge is 0.282 e. The van der Waals surface area contributed by atoms with Crippen molar-refractivity contribution in [2.24, 2.45) is 0 Å². The first-order chi connectivity index (χ1) is 16.2. The summed E-state index contributed by atoms with van der Waals surface area (Å²) in [6.45, 7) is 7.74. The molecule has 0 N–H and O–H groups in total. The number of para-hydroxylation sites is 3. The van der Waals surface area contributed by atoms with Crippen LogP contribution in [0.3, 0.4) is 0 Å². The first-order valence-corrected chi connectivity index (χ1v) is 12.9. The lowest BCUT2D eigenvalue weighted by Crippen LogP contribution is -2.34. The van der Waals surface area contributed by atoms with Gasteiger partial charge in [0.1, 0.15) is 0 Å². The molecule has 6 heteroatoms. The van der Waals surface area contributed by atoms with E-state index in [0.717, 1.165) is 35.1 Å². The maximum atomic E-state index is 14.0. The second-order valence-electron chi connectivity index (χ2n) is 8.15. The monoisotopic (exact) mass is 463 g/mol. The van der Waals surface area contributed by atoms with E-state index in [0.29, 0.717) is 24.7 Å². The number of rotatable bonds is 8. The lowest BCUT2D eigenvalue weighted by atomic mass is 10.1. The molecule has 0 aromatic heterocycles. The van der Waals surface area contributed by atoms with Crippen molar-refractivity contribution in [3.8, 4) is 5.75 Å². The Hall–Kier alpha value is -2.99. The van der Waals surface area contributed by atoms with E-state index in [1.807, 2.05) is 71.8 Å². The number of nitrogens with zero attached hydrogens (tertiary/aromatic N) is 3. The van der Waals surface area contributed by atoms with Crippen LogP contribution in [0, 0.1) is 0 Å². The minimum absolute atomic E-state index is 0.0000456. The van der Waals surface area contributed by atoms with Crippen LogP contribution in [-0.2, 0) is 4.79 Å². The average Bonchev–Trinajstić information content (AvgIpc) is 3.34. The number of carbonyl (C=O) groups excluding carboxylic acids is 1. The SMILES string of the molecule is CC=S=C1N(CCCCCCC)C(=O)C(=C2Oc3ccccc3N2CC)N1c1ccccc1. The van der Waals surface area contributed by atoms with Crippen LogP contribution < -0.4 is 14.5 Å². The summed E-state index contributed by atoms with van der Waals surface area (Å²) >= 11 is 0. The number of benzene rings is 2. The topological polar surface area (TPSA) is 36.0 Å². The number of anilines is 2. The molecular formula is C27H33N3O2S. The van der Waals surface area contributed by atoms with Gasteiger partial charge in [-0.05, 0) is 49.9 Å². The molecule has 5 nitrogen and oxygen atoms in total. The molecule has 0 atom stereocenters. The number of hydrogen-bond donors (Lipinski definition) is 0. The predicted molar refractivity (Wildman–Crippen MR) is 141 cm³/mol. The van der Waals surface area contributed by atoms with Crippen LogP contribution >= 0.6 is 10.9 Å². The number of ether oxygens (including phenoxy) is 1. The Balaban J connectivity index is 1.80. The molecule has 0 saturated carbocycles. The van der Waals surface area contributed by atoms with Gasteiger partial charge in [-0.25, -0.2) is 0 Å². The molecule has 4 rings (SSSR count). The van der Waals surface area contributed by atoms with E-state index in [4.69, 9.17) is 4.74 Å². The van der Waals surface area contributed by atoms with Crippen LogP contribution in [0.25, 0.3) is 0 Å². The zero-order valence-electron chi connectivity index (χ0n) is 19.8. The summed E-state index contributed by atoms with van der Waals surface area (Å²) in [5.41, 5.74) is 2.54. The second kappa shape index (κ2) is 10.8. The van der Waals surface area contributed by atoms with Crippen molar-refractivity contribution in [3.63, 3.8) is 0 Å². The van der Waals surface area contributed by atoms with E-state index < -0.39 is 0 Å². The Morgan fingerprint density at radius 3 is 2.36 bits per heavy atom. The Morgan fingerprint density at radius 1 is 0.909 bits per heavy atom. The Morgan fingerprint density at radius 2 is 1.64 bits per heavy atom. The molecule has 2 heterocycles. The zero-order chi connectivity index (χ0) is 23.2. The van der Waals surface area contributed by atoms with Crippen molar-refractivity contribution in [2.45, 2.75) is 52.9 Å². The minimum Gasteiger partial charge on any atom is -0.436 e. The lowest BCUT2D eigenvalue weighted by Gasteiger charge is -2.23. The van der Waals surface area contributed by atoms with E-state index in [1.165, 1.54) is 19.3 Å². The summed E-state index contributed by atoms with van der Waals surface area (Å²) in [5, 5.41) is 2.96. The fourth-order valence-electron chi connectivity index (χ4n) is 4.35. The zero-order valence-corrected chi connectivity index (χ0v) is 20.6. The van der Waals surface area contributed by atoms with Gasteiger partial charge in [0.15, 0.2) is 16.6 Å². The van der Waals surface area contributed by atoms with E-state index in [9.17, 15) is 4.79 Å². The maximum Gasteiger partial charge on any atom is 0.282 e. The van der Waals surface area contributed by atoms with E-state index >= 15 is 0 Å². The Labute approximate surface area is 200 Å². The highest BCUT2D eigenvalue weighted by Crippen LogP contribution is 2.42. The van der Waals surface area contributed by atoms with Crippen molar-refractivity contribution in [1.29, 1.82) is 0 Å². The summed E-state index contributed by atoms with van der Waals surface area (Å²) < 4.78 is 6.33. The molecule has 33 heavy (non-hydrogen) atoms. The number of carbonyl (C=O) groups is 1. The predicted octanol–water partition coefficient (Wildman–Crippen LogP) is 6.04. The first-order valence-electron chi connectivity index (χ1n) is 12.0. The fraction of sp³-hybridized carbons (Fsp3) is 0.370. The highest BCUT2D eigenvalue weighted by Gasteiger charge is 2.44. The Bertz CT molecular complexity index is 1090. The third kappa shape index (κ3) is 4.58. The van der Waals surface area contributed by atoms with Crippen molar-refractivity contribution in [2.75, 3.05) is 22.9 Å². The molecule has 0 aliphatic carbocycles. The third-order valence-corrected chi connectivity index (χ3v) is 6.79. The number of fused-ring (bicyclic) bond motifs is 1. The number of hydrogen-bond acceptors (Lipinski definition) is 3. The number of amides is 1. The molecule has 2 aliphatic heterocycles. The highest BCUT2D eigenvalue weighted by molar-refractivity contribution is 7.97. The normalized spacial score (nSPS) is 17.5. The van der Waals surface area contributed by atoms with Crippen molar-refractivity contribution >= 4 is 38.7 Å². The Kier molecular flexibility index (Phi) is 7.55. The summed E-state index contributed by atoms with van der Waals surface area (Å²) in [6, 6.07) is 18.1. The van der Waals surface area contributed by atoms with Gasteiger partial charge in [0.2, 0.25) is 5.88 Å². The maximum absolute atomic E-state index is 14.0. The molecule has 0 spiro atoms. The molecule has 2 aromatic carbocycles. The molecule has 1 fully saturated rings. The van der Waals surface area contributed by atoms with Crippen molar-refractivity contribution in [3.05, 3.63) is 66.2 Å². The highest BCUT2D eigenvalue weighted by atomic mass is 32.1. The van der Waals surface area contributed by atoms with Crippen LogP contribution in [-0.4, -0.2) is 34.4 Å². The quantitative estimate of drug-likeness (QED) is 0.272. The molecule has 2 aliphatic rings. The van der Waals surface area contributed by atoms with Crippen LogP contribution in [0.5, 0.6) is 5.75 Å². The van der Waals surface area contributed by atoms with Gasteiger partial charge in [-0.2, -0.15) is 0 Å². The van der Waals surface area contributed by atoms with Gasteiger partial charge in [0, 0.05) is 18.8 Å². The van der Waals surface area contributed by atoms with Crippen LogP contribution in [0.2, 0.25) is 0 Å². The lowest BCUT2D eigenvalue weighted by molar-refractivity contribution is -0.122. The summed E-state index contributed by atoms with van der Waals surface area (Å²) in [5.74, 6) is 1.40. The van der Waals surface area contributed by atoms with Gasteiger partial charge in [0.05, 0.1) is 5.69 Å². The largest absolute Gasteiger partial charge is 0.436 e. The van der Waals surface area contributed by atoms with Gasteiger partial charge in [-0.3, -0.25) is 14.6 Å². The molecule has 2 aromatic rings. The van der Waals surface area contributed by atoms with Crippen LogP contribution in [0.15, 0.2) is 66.2 Å². The van der Waals surface area contributed by atoms with E-state index in [2.05, 4.69) is 23.6 Å².